The van der Waals surface area contributed by atoms with E-state index in [9.17, 15) is 18.4 Å². The van der Waals surface area contributed by atoms with Crippen molar-refractivity contribution in [2.24, 2.45) is 0 Å². The monoisotopic (exact) mass is 329 g/mol. The minimum atomic E-state index is -2.82. The molecule has 0 aromatic carbocycles. The Balaban J connectivity index is 3.28. The van der Waals surface area contributed by atoms with Crippen LogP contribution in [0.4, 0.5) is 8.78 Å². The number of hydrogen-bond donors (Lipinski definition) is 2. The number of carboxylic acid groups (broad SMARTS) is 1. The fourth-order valence-electron chi connectivity index (χ4n) is 1.06. The molecule has 0 spiro atoms. The minimum Gasteiger partial charge on any atom is -0.481 e. The zero-order chi connectivity index (χ0) is 11.6. The molecular formula is C8H6F2INO3. The maximum atomic E-state index is 12.4. The molecule has 0 bridgehead atoms. The third-order valence-electron chi connectivity index (χ3n) is 1.64. The molecule has 0 radical (unpaired) electrons. The second-order valence-electron chi connectivity index (χ2n) is 2.76. The molecule has 0 aliphatic carbocycles. The maximum absolute atomic E-state index is 12.4. The summed E-state index contributed by atoms with van der Waals surface area (Å²) in [5.74, 6) is -1.17. The molecule has 2 N–H and O–H groups in total. The SMILES string of the molecule is O=C(O)Cc1cc(=O)[nH]c(C(F)F)c1I. The summed E-state index contributed by atoms with van der Waals surface area (Å²) in [6, 6.07) is 1.02. The minimum absolute atomic E-state index is 0.0876. The third-order valence-corrected chi connectivity index (χ3v) is 2.92. The van der Waals surface area contributed by atoms with Gasteiger partial charge in [0.25, 0.3) is 6.43 Å². The summed E-state index contributed by atoms with van der Waals surface area (Å²) in [6.07, 6.45) is -3.26. The number of aliphatic carboxylic acids is 1. The van der Waals surface area contributed by atoms with Crippen LogP contribution in [0.15, 0.2) is 10.9 Å². The summed E-state index contributed by atoms with van der Waals surface area (Å²) < 4.78 is 24.9. The number of aromatic amines is 1. The number of halogens is 3. The smallest absolute Gasteiger partial charge is 0.307 e. The molecule has 7 heteroatoms. The van der Waals surface area contributed by atoms with Gasteiger partial charge in [0.05, 0.1) is 12.1 Å². The van der Waals surface area contributed by atoms with Crippen LogP contribution in [0.3, 0.4) is 0 Å². The Kier molecular flexibility index (Phi) is 3.77. The summed E-state index contributed by atoms with van der Waals surface area (Å²) in [7, 11) is 0. The van der Waals surface area contributed by atoms with E-state index >= 15 is 0 Å². The van der Waals surface area contributed by atoms with Gasteiger partial charge < -0.3 is 10.1 Å². The fourth-order valence-corrected chi connectivity index (χ4v) is 1.78. The Morgan fingerprint density at radius 2 is 2.20 bits per heavy atom. The molecule has 82 valence electrons. The van der Waals surface area contributed by atoms with Crippen molar-refractivity contribution in [1.82, 2.24) is 4.98 Å². The fraction of sp³-hybridized carbons (Fsp3) is 0.250. The molecule has 1 aromatic rings. The topological polar surface area (TPSA) is 70.2 Å². The Morgan fingerprint density at radius 1 is 1.60 bits per heavy atom. The number of hydrogen-bond acceptors (Lipinski definition) is 2. The van der Waals surface area contributed by atoms with Crippen LogP contribution in [0.25, 0.3) is 0 Å². The molecule has 15 heavy (non-hydrogen) atoms. The number of H-pyrrole nitrogens is 1. The van der Waals surface area contributed by atoms with Gasteiger partial charge in [0.15, 0.2) is 0 Å². The van der Waals surface area contributed by atoms with Crippen LogP contribution < -0.4 is 5.56 Å². The molecule has 0 aliphatic rings. The zero-order valence-electron chi connectivity index (χ0n) is 7.26. The van der Waals surface area contributed by atoms with Crippen LogP contribution in [0.1, 0.15) is 17.7 Å². The van der Waals surface area contributed by atoms with Crippen molar-refractivity contribution in [1.29, 1.82) is 0 Å². The van der Waals surface area contributed by atoms with Crippen LogP contribution >= 0.6 is 22.6 Å². The highest BCUT2D eigenvalue weighted by Gasteiger charge is 2.17. The standard InChI is InChI=1S/C8H6F2INO3/c9-8(10)7-6(11)3(2-5(14)15)1-4(13)12-7/h1,8H,2H2,(H,12,13)(H,14,15). The van der Waals surface area contributed by atoms with Gasteiger partial charge in [-0.15, -0.1) is 0 Å². The van der Waals surface area contributed by atoms with Crippen molar-refractivity contribution in [2.75, 3.05) is 0 Å². The zero-order valence-corrected chi connectivity index (χ0v) is 9.42. The molecule has 0 unspecified atom stereocenters. The van der Waals surface area contributed by atoms with Gasteiger partial charge in [-0.25, -0.2) is 8.78 Å². The van der Waals surface area contributed by atoms with E-state index in [2.05, 4.69) is 0 Å². The molecule has 0 fully saturated rings. The van der Waals surface area contributed by atoms with Crippen molar-refractivity contribution in [2.45, 2.75) is 12.8 Å². The molecule has 0 atom stereocenters. The Morgan fingerprint density at radius 3 is 2.67 bits per heavy atom. The number of nitrogens with one attached hydrogen (secondary N) is 1. The summed E-state index contributed by atoms with van der Waals surface area (Å²) in [6.45, 7) is 0. The highest BCUT2D eigenvalue weighted by Crippen LogP contribution is 2.23. The second-order valence-corrected chi connectivity index (χ2v) is 3.84. The normalized spacial score (nSPS) is 10.7. The van der Waals surface area contributed by atoms with Crippen LogP contribution in [0, 0.1) is 3.57 Å². The Bertz CT molecular complexity index is 444. The van der Waals surface area contributed by atoms with E-state index in [1.165, 1.54) is 0 Å². The van der Waals surface area contributed by atoms with E-state index in [0.717, 1.165) is 6.07 Å². The lowest BCUT2D eigenvalue weighted by Gasteiger charge is -2.06. The molecule has 1 rings (SSSR count). The van der Waals surface area contributed by atoms with Crippen molar-refractivity contribution < 1.29 is 18.7 Å². The van der Waals surface area contributed by atoms with E-state index in [1.807, 2.05) is 4.98 Å². The molecule has 4 nitrogen and oxygen atoms in total. The number of aromatic nitrogens is 1. The first kappa shape index (κ1) is 12.1. The van der Waals surface area contributed by atoms with Gasteiger partial charge in [-0.1, -0.05) is 0 Å². The third kappa shape index (κ3) is 2.98. The first-order valence-electron chi connectivity index (χ1n) is 3.83. The molecule has 0 aliphatic heterocycles. The number of alkyl halides is 2. The Labute approximate surface area is 96.5 Å². The van der Waals surface area contributed by atoms with E-state index in [-0.39, 0.29) is 9.13 Å². The van der Waals surface area contributed by atoms with Gasteiger partial charge in [0, 0.05) is 9.64 Å². The first-order valence-corrected chi connectivity index (χ1v) is 4.91. The van der Waals surface area contributed by atoms with Gasteiger partial charge in [-0.05, 0) is 28.2 Å². The predicted molar refractivity (Wildman–Crippen MR) is 56.1 cm³/mol. The average Bonchev–Trinajstić information content (AvgIpc) is 2.09. The molecule has 0 amide bonds. The number of rotatable bonds is 3. The summed E-state index contributed by atoms with van der Waals surface area (Å²) in [4.78, 5) is 23.4. The van der Waals surface area contributed by atoms with Gasteiger partial charge >= 0.3 is 5.97 Å². The molecule has 1 heterocycles. The van der Waals surface area contributed by atoms with Gasteiger partial charge in [0.2, 0.25) is 5.56 Å². The number of carbonyl (C=O) groups is 1. The largest absolute Gasteiger partial charge is 0.481 e. The molecular weight excluding hydrogens is 323 g/mol. The van der Waals surface area contributed by atoms with Gasteiger partial charge in [-0.3, -0.25) is 9.59 Å². The average molecular weight is 329 g/mol. The summed E-state index contributed by atoms with van der Waals surface area (Å²) in [5.41, 5.74) is -1.15. The van der Waals surface area contributed by atoms with Crippen LogP contribution in [-0.2, 0) is 11.2 Å². The van der Waals surface area contributed by atoms with Crippen molar-refractivity contribution >= 4 is 28.6 Å². The number of carboxylic acids is 1. The molecule has 0 saturated heterocycles. The Hall–Kier alpha value is -0.990. The van der Waals surface area contributed by atoms with E-state index < -0.39 is 30.1 Å². The quantitative estimate of drug-likeness (QED) is 0.827. The van der Waals surface area contributed by atoms with Crippen LogP contribution in [0.5, 0.6) is 0 Å². The first-order chi connectivity index (χ1) is 6.91. The second kappa shape index (κ2) is 4.69. The van der Waals surface area contributed by atoms with Crippen LogP contribution in [0.2, 0.25) is 0 Å². The van der Waals surface area contributed by atoms with Crippen molar-refractivity contribution in [3.05, 3.63) is 31.2 Å². The van der Waals surface area contributed by atoms with E-state index in [1.54, 1.807) is 22.6 Å². The van der Waals surface area contributed by atoms with Gasteiger partial charge in [-0.2, -0.15) is 0 Å². The maximum Gasteiger partial charge on any atom is 0.307 e. The lowest BCUT2D eigenvalue weighted by Crippen LogP contribution is -2.15. The predicted octanol–water partition coefficient (Wildman–Crippen LogP) is 1.54. The highest BCUT2D eigenvalue weighted by molar-refractivity contribution is 14.1. The van der Waals surface area contributed by atoms with E-state index in [0.29, 0.717) is 0 Å². The summed E-state index contributed by atoms with van der Waals surface area (Å²) in [5, 5.41) is 8.51. The summed E-state index contributed by atoms with van der Waals surface area (Å²) >= 11 is 1.59. The van der Waals surface area contributed by atoms with Crippen molar-refractivity contribution in [3.8, 4) is 0 Å². The number of pyridine rings is 1. The van der Waals surface area contributed by atoms with Gasteiger partial charge in [0.1, 0.15) is 0 Å². The van der Waals surface area contributed by atoms with E-state index in [4.69, 9.17) is 5.11 Å². The molecule has 1 aromatic heterocycles. The highest BCUT2D eigenvalue weighted by atomic mass is 127. The van der Waals surface area contributed by atoms with Crippen molar-refractivity contribution in [3.63, 3.8) is 0 Å². The lowest BCUT2D eigenvalue weighted by molar-refractivity contribution is -0.136. The lowest BCUT2D eigenvalue weighted by atomic mass is 10.1. The molecule has 0 saturated carbocycles. The van der Waals surface area contributed by atoms with Crippen LogP contribution in [-0.4, -0.2) is 16.1 Å².